The monoisotopic (exact) mass is 372 g/mol. The van der Waals surface area contributed by atoms with Crippen LogP contribution in [0.4, 0.5) is 5.69 Å². The van der Waals surface area contributed by atoms with E-state index in [1.807, 2.05) is 41.5 Å². The van der Waals surface area contributed by atoms with Gasteiger partial charge in [0.15, 0.2) is 5.16 Å². The van der Waals surface area contributed by atoms with Gasteiger partial charge in [0.2, 0.25) is 5.91 Å². The van der Waals surface area contributed by atoms with Crippen molar-refractivity contribution >= 4 is 23.4 Å². The van der Waals surface area contributed by atoms with Gasteiger partial charge in [0, 0.05) is 50.7 Å². The van der Waals surface area contributed by atoms with Crippen LogP contribution in [0.15, 0.2) is 52.5 Å². The molecule has 2 aromatic rings. The molecule has 1 amide bonds. The fourth-order valence-corrected chi connectivity index (χ4v) is 4.07. The molecule has 0 saturated carbocycles. The van der Waals surface area contributed by atoms with Crippen molar-refractivity contribution < 1.29 is 4.79 Å². The summed E-state index contributed by atoms with van der Waals surface area (Å²) in [6, 6.07) is 11.7. The van der Waals surface area contributed by atoms with E-state index in [1.165, 1.54) is 23.5 Å². The Labute approximate surface area is 157 Å². The van der Waals surface area contributed by atoms with Crippen LogP contribution < -0.4 is 10.5 Å². The molecule has 138 valence electrons. The van der Waals surface area contributed by atoms with E-state index in [4.69, 9.17) is 0 Å². The first-order valence-corrected chi connectivity index (χ1v) is 9.79. The standard InChI is InChI=1S/C19H24N4O2S/c1-3-21-10-9-17(24)20-19(21)26-15(2)18(25)23-13-11-22(12-14-23)16-7-5-4-6-8-16/h4-10,15H,3,11-14H2,1-2H3. The van der Waals surface area contributed by atoms with Gasteiger partial charge in [-0.05, 0) is 26.0 Å². The Morgan fingerprint density at radius 2 is 1.85 bits per heavy atom. The van der Waals surface area contributed by atoms with E-state index in [-0.39, 0.29) is 16.7 Å². The number of nitrogens with zero attached hydrogens (tertiary/aromatic N) is 4. The minimum absolute atomic E-state index is 0.100. The molecule has 1 unspecified atom stereocenters. The van der Waals surface area contributed by atoms with Gasteiger partial charge in [-0.3, -0.25) is 9.59 Å². The number of aromatic nitrogens is 2. The smallest absolute Gasteiger partial charge is 0.273 e. The molecule has 1 saturated heterocycles. The number of carbonyl (C=O) groups excluding carboxylic acids is 1. The number of hydrogen-bond donors (Lipinski definition) is 0. The van der Waals surface area contributed by atoms with Gasteiger partial charge in [0.1, 0.15) is 0 Å². The predicted molar refractivity (Wildman–Crippen MR) is 105 cm³/mol. The van der Waals surface area contributed by atoms with Crippen molar-refractivity contribution in [3.63, 3.8) is 0 Å². The van der Waals surface area contributed by atoms with Crippen LogP contribution in [0.3, 0.4) is 0 Å². The highest BCUT2D eigenvalue weighted by molar-refractivity contribution is 8.00. The molecule has 7 heteroatoms. The first-order valence-electron chi connectivity index (χ1n) is 8.91. The molecule has 3 rings (SSSR count). The van der Waals surface area contributed by atoms with E-state index in [9.17, 15) is 9.59 Å². The summed E-state index contributed by atoms with van der Waals surface area (Å²) in [6.07, 6.45) is 1.73. The van der Waals surface area contributed by atoms with E-state index < -0.39 is 0 Å². The Kier molecular flexibility index (Phi) is 5.98. The molecule has 0 radical (unpaired) electrons. The van der Waals surface area contributed by atoms with Crippen molar-refractivity contribution in [1.82, 2.24) is 14.5 Å². The Morgan fingerprint density at radius 1 is 1.15 bits per heavy atom. The quantitative estimate of drug-likeness (QED) is 0.594. The molecule has 1 aromatic heterocycles. The van der Waals surface area contributed by atoms with Crippen LogP contribution in [0, 0.1) is 0 Å². The predicted octanol–water partition coefficient (Wildman–Crippen LogP) is 2.09. The second kappa shape index (κ2) is 8.40. The summed E-state index contributed by atoms with van der Waals surface area (Å²) in [5.41, 5.74) is 0.927. The summed E-state index contributed by atoms with van der Waals surface area (Å²) in [5, 5.41) is 0.328. The zero-order valence-electron chi connectivity index (χ0n) is 15.2. The lowest BCUT2D eigenvalue weighted by atomic mass is 10.2. The molecular weight excluding hydrogens is 348 g/mol. The second-order valence-electron chi connectivity index (χ2n) is 6.24. The van der Waals surface area contributed by atoms with Gasteiger partial charge >= 0.3 is 0 Å². The molecule has 1 aliphatic heterocycles. The molecule has 0 bridgehead atoms. The van der Waals surface area contributed by atoms with Crippen molar-refractivity contribution in [2.75, 3.05) is 31.1 Å². The van der Waals surface area contributed by atoms with Gasteiger partial charge in [0.05, 0.1) is 5.25 Å². The van der Waals surface area contributed by atoms with Gasteiger partial charge in [-0.15, -0.1) is 0 Å². The Balaban J connectivity index is 1.60. The van der Waals surface area contributed by atoms with Crippen LogP contribution in [-0.2, 0) is 11.3 Å². The third-order valence-corrected chi connectivity index (χ3v) is 5.62. The maximum absolute atomic E-state index is 12.8. The number of rotatable bonds is 5. The van der Waals surface area contributed by atoms with Crippen LogP contribution in [0.25, 0.3) is 0 Å². The minimum atomic E-state index is -0.273. The molecule has 0 N–H and O–H groups in total. The highest BCUT2D eigenvalue weighted by atomic mass is 32.2. The van der Waals surface area contributed by atoms with E-state index in [0.29, 0.717) is 24.8 Å². The minimum Gasteiger partial charge on any atom is -0.368 e. The molecule has 6 nitrogen and oxygen atoms in total. The number of amides is 1. The summed E-state index contributed by atoms with van der Waals surface area (Å²) < 4.78 is 1.89. The fourth-order valence-electron chi connectivity index (χ4n) is 3.04. The maximum atomic E-state index is 12.8. The first kappa shape index (κ1) is 18.5. The number of carbonyl (C=O) groups is 1. The molecule has 1 aromatic carbocycles. The van der Waals surface area contributed by atoms with Crippen molar-refractivity contribution in [2.45, 2.75) is 30.8 Å². The summed E-state index contributed by atoms with van der Waals surface area (Å²) in [6.45, 7) is 7.67. The fraction of sp³-hybridized carbons (Fsp3) is 0.421. The summed E-state index contributed by atoms with van der Waals surface area (Å²) in [4.78, 5) is 32.6. The third-order valence-electron chi connectivity index (χ3n) is 4.53. The normalized spacial score (nSPS) is 15.8. The van der Waals surface area contributed by atoms with Crippen LogP contribution in [0.1, 0.15) is 13.8 Å². The van der Waals surface area contributed by atoms with E-state index in [1.54, 1.807) is 6.20 Å². The molecular formula is C19H24N4O2S. The molecule has 1 atom stereocenters. The third kappa shape index (κ3) is 4.27. The zero-order chi connectivity index (χ0) is 18.5. The van der Waals surface area contributed by atoms with E-state index >= 15 is 0 Å². The lowest BCUT2D eigenvalue weighted by molar-refractivity contribution is -0.130. The van der Waals surface area contributed by atoms with E-state index in [2.05, 4.69) is 22.0 Å². The van der Waals surface area contributed by atoms with Crippen LogP contribution >= 0.6 is 11.8 Å². The van der Waals surface area contributed by atoms with Crippen LogP contribution in [-0.4, -0.2) is 51.8 Å². The molecule has 26 heavy (non-hydrogen) atoms. The number of benzene rings is 1. The molecule has 0 aliphatic carbocycles. The molecule has 0 spiro atoms. The lowest BCUT2D eigenvalue weighted by Crippen LogP contribution is -2.50. The first-order chi connectivity index (χ1) is 12.6. The molecule has 1 fully saturated rings. The number of aryl methyl sites for hydroxylation is 1. The van der Waals surface area contributed by atoms with Crippen LogP contribution in [0.5, 0.6) is 0 Å². The maximum Gasteiger partial charge on any atom is 0.273 e. The van der Waals surface area contributed by atoms with E-state index in [0.717, 1.165) is 13.1 Å². The number of thioether (sulfide) groups is 1. The number of para-hydroxylation sites is 1. The number of piperazine rings is 1. The number of hydrogen-bond acceptors (Lipinski definition) is 5. The van der Waals surface area contributed by atoms with Gasteiger partial charge < -0.3 is 14.4 Å². The van der Waals surface area contributed by atoms with Gasteiger partial charge in [-0.25, -0.2) is 0 Å². The topological polar surface area (TPSA) is 58.4 Å². The van der Waals surface area contributed by atoms with Gasteiger partial charge in [-0.1, -0.05) is 30.0 Å². The second-order valence-corrected chi connectivity index (χ2v) is 7.55. The summed E-state index contributed by atoms with van der Waals surface area (Å²) in [7, 11) is 0. The lowest BCUT2D eigenvalue weighted by Gasteiger charge is -2.37. The van der Waals surface area contributed by atoms with Gasteiger partial charge in [0.25, 0.3) is 5.56 Å². The van der Waals surface area contributed by atoms with Crippen molar-refractivity contribution in [3.8, 4) is 0 Å². The van der Waals surface area contributed by atoms with Gasteiger partial charge in [-0.2, -0.15) is 4.98 Å². The summed E-state index contributed by atoms with van der Waals surface area (Å²) >= 11 is 1.35. The summed E-state index contributed by atoms with van der Waals surface area (Å²) in [5.74, 6) is 0.100. The van der Waals surface area contributed by atoms with Crippen molar-refractivity contribution in [3.05, 3.63) is 52.9 Å². The molecule has 1 aliphatic rings. The Hall–Kier alpha value is -2.28. The van der Waals surface area contributed by atoms with Crippen molar-refractivity contribution in [1.29, 1.82) is 0 Å². The highest BCUT2D eigenvalue weighted by Crippen LogP contribution is 2.23. The SMILES string of the molecule is CCn1ccc(=O)nc1SC(C)C(=O)N1CCN(c2ccccc2)CC1. The van der Waals surface area contributed by atoms with Crippen LogP contribution in [0.2, 0.25) is 0 Å². The highest BCUT2D eigenvalue weighted by Gasteiger charge is 2.26. The Morgan fingerprint density at radius 3 is 2.50 bits per heavy atom. The average Bonchev–Trinajstić information content (AvgIpc) is 2.68. The largest absolute Gasteiger partial charge is 0.368 e. The Bertz CT molecular complexity index is 801. The number of anilines is 1. The zero-order valence-corrected chi connectivity index (χ0v) is 16.0. The van der Waals surface area contributed by atoms with Crippen molar-refractivity contribution in [2.24, 2.45) is 0 Å². The molecule has 2 heterocycles. The average molecular weight is 372 g/mol.